The van der Waals surface area contributed by atoms with Gasteiger partial charge in [-0.1, -0.05) is 22.9 Å². The highest BCUT2D eigenvalue weighted by Crippen LogP contribution is 2.34. The second-order valence-electron chi connectivity index (χ2n) is 7.93. The summed E-state index contributed by atoms with van der Waals surface area (Å²) in [6.07, 6.45) is 0. The lowest BCUT2D eigenvalue weighted by atomic mass is 10.1. The molecule has 0 saturated heterocycles. The number of carbonyl (C=O) groups excluding carboxylic acids is 1. The van der Waals surface area contributed by atoms with Gasteiger partial charge in [-0.2, -0.15) is 5.10 Å². The Bertz CT molecular complexity index is 1470. The Morgan fingerprint density at radius 1 is 1.06 bits per heavy atom. The van der Waals surface area contributed by atoms with E-state index in [9.17, 15) is 25.0 Å². The van der Waals surface area contributed by atoms with E-state index >= 15 is 0 Å². The molecule has 0 N–H and O–H groups in total. The first kappa shape index (κ1) is 24.2. The quantitative estimate of drug-likeness (QED) is 0.243. The summed E-state index contributed by atoms with van der Waals surface area (Å²) in [6, 6.07) is 8.29. The number of anilines is 1. The molecule has 0 spiro atoms. The molecule has 0 saturated carbocycles. The monoisotopic (exact) mass is 514 g/mol. The van der Waals surface area contributed by atoms with Crippen LogP contribution >= 0.6 is 22.9 Å². The molecule has 11 nitrogen and oxygen atoms in total. The zero-order chi connectivity index (χ0) is 25.4. The molecular formula is C22H19ClN6O5S. The Labute approximate surface area is 207 Å². The number of non-ortho nitro benzene ring substituents is 2. The third-order valence-corrected chi connectivity index (χ3v) is 6.57. The lowest BCUT2D eigenvalue weighted by Gasteiger charge is -2.20. The van der Waals surface area contributed by atoms with Crippen molar-refractivity contribution in [1.82, 2.24) is 14.8 Å². The molecule has 1 amide bonds. The van der Waals surface area contributed by atoms with Crippen LogP contribution in [0.25, 0.3) is 10.2 Å². The van der Waals surface area contributed by atoms with Gasteiger partial charge in [0.05, 0.1) is 43.9 Å². The molecular weight excluding hydrogens is 496 g/mol. The van der Waals surface area contributed by atoms with Gasteiger partial charge < -0.3 is 0 Å². The standard InChI is InChI=1S/C22H19ClN6O5S/c1-12-6-16(23)10-19-20(12)24-22(35-19)26(4-5-27-14(3)7-13(2)25-27)21(30)15-8-17(28(31)32)11-18(9-15)29(33)34/h6-11H,4-5H2,1-3H3. The van der Waals surface area contributed by atoms with Crippen molar-refractivity contribution in [1.29, 1.82) is 0 Å². The average molecular weight is 515 g/mol. The van der Waals surface area contributed by atoms with E-state index in [2.05, 4.69) is 10.1 Å². The normalized spacial score (nSPS) is 11.1. The van der Waals surface area contributed by atoms with E-state index in [-0.39, 0.29) is 12.1 Å². The molecule has 0 atom stereocenters. The zero-order valence-corrected chi connectivity index (χ0v) is 20.5. The van der Waals surface area contributed by atoms with Crippen molar-refractivity contribution in [3.05, 3.63) is 84.2 Å². The number of fused-ring (bicyclic) bond motifs is 1. The number of nitro benzene ring substituents is 2. The lowest BCUT2D eigenvalue weighted by Crippen LogP contribution is -2.34. The Balaban J connectivity index is 1.80. The molecule has 2 heterocycles. The van der Waals surface area contributed by atoms with Gasteiger partial charge in [-0.15, -0.1) is 0 Å². The number of amides is 1. The summed E-state index contributed by atoms with van der Waals surface area (Å²) in [6.45, 7) is 6.04. The highest BCUT2D eigenvalue weighted by molar-refractivity contribution is 7.22. The number of carbonyl (C=O) groups is 1. The summed E-state index contributed by atoms with van der Waals surface area (Å²) in [7, 11) is 0. The minimum absolute atomic E-state index is 0.129. The largest absolute Gasteiger partial charge is 0.282 e. The number of aromatic nitrogens is 3. The van der Waals surface area contributed by atoms with E-state index in [1.165, 1.54) is 16.2 Å². The third kappa shape index (κ3) is 4.98. The first-order valence-electron chi connectivity index (χ1n) is 10.4. The maximum atomic E-state index is 13.6. The van der Waals surface area contributed by atoms with Crippen molar-refractivity contribution in [2.45, 2.75) is 27.3 Å². The summed E-state index contributed by atoms with van der Waals surface area (Å²) >= 11 is 7.42. The second kappa shape index (κ2) is 9.39. The number of halogens is 1. The Kier molecular flexibility index (Phi) is 6.50. The SMILES string of the molecule is Cc1cc(C)n(CCN(C(=O)c2cc([N+](=O)[O-])cc([N+](=O)[O-])c2)c2nc3c(C)cc(Cl)cc3s2)n1. The summed E-state index contributed by atoms with van der Waals surface area (Å²) < 4.78 is 2.50. The number of hydrogen-bond acceptors (Lipinski definition) is 8. The zero-order valence-electron chi connectivity index (χ0n) is 18.9. The van der Waals surface area contributed by atoms with E-state index in [0.717, 1.165) is 39.9 Å². The van der Waals surface area contributed by atoms with E-state index in [1.807, 2.05) is 26.8 Å². The number of aryl methyl sites for hydroxylation is 3. The fraction of sp³-hybridized carbons (Fsp3) is 0.227. The van der Waals surface area contributed by atoms with E-state index in [1.54, 1.807) is 16.8 Å². The van der Waals surface area contributed by atoms with E-state index in [0.29, 0.717) is 22.2 Å². The van der Waals surface area contributed by atoms with Crippen LogP contribution in [0.5, 0.6) is 0 Å². The molecule has 0 bridgehead atoms. The van der Waals surface area contributed by atoms with Gasteiger partial charge in [-0.25, -0.2) is 4.98 Å². The van der Waals surface area contributed by atoms with Crippen LogP contribution in [0.3, 0.4) is 0 Å². The number of thiazole rings is 1. The summed E-state index contributed by atoms with van der Waals surface area (Å²) in [5, 5.41) is 28.0. The Morgan fingerprint density at radius 3 is 2.29 bits per heavy atom. The molecule has 2 aromatic heterocycles. The summed E-state index contributed by atoms with van der Waals surface area (Å²) in [5.41, 5.74) is 1.93. The van der Waals surface area contributed by atoms with Crippen molar-refractivity contribution in [3.8, 4) is 0 Å². The van der Waals surface area contributed by atoms with Crippen molar-refractivity contribution in [3.63, 3.8) is 0 Å². The number of rotatable bonds is 7. The van der Waals surface area contributed by atoms with Gasteiger partial charge in [-0.3, -0.25) is 34.6 Å². The van der Waals surface area contributed by atoms with Crippen LogP contribution in [0.2, 0.25) is 5.02 Å². The van der Waals surface area contributed by atoms with Crippen LogP contribution in [-0.2, 0) is 6.54 Å². The Morgan fingerprint density at radius 2 is 1.71 bits per heavy atom. The molecule has 2 aromatic carbocycles. The fourth-order valence-corrected chi connectivity index (χ4v) is 5.17. The van der Waals surface area contributed by atoms with Gasteiger partial charge in [0.25, 0.3) is 17.3 Å². The predicted octanol–water partition coefficient (Wildman–Crippen LogP) is 5.23. The summed E-state index contributed by atoms with van der Waals surface area (Å²) in [4.78, 5) is 40.8. The van der Waals surface area contributed by atoms with Crippen LogP contribution in [0.1, 0.15) is 27.3 Å². The van der Waals surface area contributed by atoms with Crippen molar-refractivity contribution in [2.24, 2.45) is 0 Å². The van der Waals surface area contributed by atoms with Crippen molar-refractivity contribution < 1.29 is 14.6 Å². The minimum Gasteiger partial charge on any atom is -0.282 e. The van der Waals surface area contributed by atoms with Crippen molar-refractivity contribution in [2.75, 3.05) is 11.4 Å². The second-order valence-corrected chi connectivity index (χ2v) is 9.37. The molecule has 4 rings (SSSR count). The molecule has 0 fully saturated rings. The number of nitrogens with zero attached hydrogens (tertiary/aromatic N) is 6. The molecule has 4 aromatic rings. The molecule has 0 radical (unpaired) electrons. The topological polar surface area (TPSA) is 137 Å². The van der Waals surface area contributed by atoms with Gasteiger partial charge in [0, 0.05) is 29.4 Å². The first-order valence-corrected chi connectivity index (χ1v) is 11.6. The third-order valence-electron chi connectivity index (χ3n) is 5.32. The van der Waals surface area contributed by atoms with E-state index < -0.39 is 27.1 Å². The van der Waals surface area contributed by atoms with Gasteiger partial charge >= 0.3 is 0 Å². The van der Waals surface area contributed by atoms with E-state index in [4.69, 9.17) is 11.6 Å². The molecule has 0 unspecified atom stereocenters. The van der Waals surface area contributed by atoms with Crippen LogP contribution in [0, 0.1) is 41.0 Å². The highest BCUT2D eigenvalue weighted by Gasteiger charge is 2.26. The maximum Gasteiger partial charge on any atom is 0.277 e. The summed E-state index contributed by atoms with van der Waals surface area (Å²) in [5.74, 6) is -0.652. The van der Waals surface area contributed by atoms with Gasteiger partial charge in [0.1, 0.15) is 0 Å². The maximum absolute atomic E-state index is 13.6. The number of nitro groups is 2. The molecule has 0 aliphatic carbocycles. The van der Waals surface area contributed by atoms with Crippen LogP contribution in [0.4, 0.5) is 16.5 Å². The van der Waals surface area contributed by atoms with Gasteiger partial charge in [0.2, 0.25) is 0 Å². The lowest BCUT2D eigenvalue weighted by molar-refractivity contribution is -0.394. The molecule has 35 heavy (non-hydrogen) atoms. The van der Waals surface area contributed by atoms with Crippen LogP contribution in [0.15, 0.2) is 36.4 Å². The molecule has 0 aliphatic rings. The first-order chi connectivity index (χ1) is 16.5. The average Bonchev–Trinajstić information content (AvgIpc) is 3.35. The molecule has 0 aliphatic heterocycles. The fourth-order valence-electron chi connectivity index (χ4n) is 3.72. The van der Waals surface area contributed by atoms with Gasteiger partial charge in [-0.05, 0) is 44.5 Å². The van der Waals surface area contributed by atoms with Crippen LogP contribution in [-0.4, -0.2) is 37.1 Å². The van der Waals surface area contributed by atoms with Crippen LogP contribution < -0.4 is 4.90 Å². The minimum atomic E-state index is -0.771. The molecule has 180 valence electrons. The molecule has 13 heteroatoms. The smallest absolute Gasteiger partial charge is 0.277 e. The number of hydrogen-bond donors (Lipinski definition) is 0. The van der Waals surface area contributed by atoms with Crippen molar-refractivity contribution >= 4 is 55.6 Å². The van der Waals surface area contributed by atoms with Gasteiger partial charge in [0.15, 0.2) is 5.13 Å². The Hall–Kier alpha value is -3.90. The highest BCUT2D eigenvalue weighted by atomic mass is 35.5. The predicted molar refractivity (Wildman–Crippen MR) is 132 cm³/mol. The number of benzene rings is 2.